The Bertz CT molecular complexity index is 961. The Morgan fingerprint density at radius 1 is 0.793 bits per heavy atom. The lowest BCUT2D eigenvalue weighted by molar-refractivity contribution is 0.181. The van der Waals surface area contributed by atoms with Crippen LogP contribution in [0.5, 0.6) is 5.75 Å². The highest BCUT2D eigenvalue weighted by molar-refractivity contribution is 7.89. The van der Waals surface area contributed by atoms with Crippen molar-refractivity contribution in [2.24, 2.45) is 0 Å². The Morgan fingerprint density at radius 2 is 1.28 bits per heavy atom. The first-order chi connectivity index (χ1) is 13.7. The average molecular weight is 417 g/mol. The summed E-state index contributed by atoms with van der Waals surface area (Å²) in [6, 6.07) is 8.05. The van der Waals surface area contributed by atoms with Crippen molar-refractivity contribution < 1.29 is 13.2 Å². The smallest absolute Gasteiger partial charge is 0.243 e. The third kappa shape index (κ3) is 4.20. The first-order valence-electron chi connectivity index (χ1n) is 10.1. The first-order valence-corrected chi connectivity index (χ1v) is 11.5. The molecule has 2 aromatic rings. The summed E-state index contributed by atoms with van der Waals surface area (Å²) < 4.78 is 33.8. The van der Waals surface area contributed by atoms with Crippen molar-refractivity contribution in [2.45, 2.75) is 46.1 Å². The number of sulfonamides is 1. The van der Waals surface area contributed by atoms with Gasteiger partial charge in [-0.15, -0.1) is 0 Å². The molecule has 2 aromatic carbocycles. The second-order valence-electron chi connectivity index (χ2n) is 7.98. The van der Waals surface area contributed by atoms with Crippen LogP contribution >= 0.6 is 0 Å². The molecule has 0 saturated carbocycles. The van der Waals surface area contributed by atoms with Gasteiger partial charge in [0.05, 0.1) is 12.0 Å². The highest BCUT2D eigenvalue weighted by atomic mass is 32.2. The minimum absolute atomic E-state index is 0.502. The minimum Gasteiger partial charge on any atom is -0.497 e. The molecule has 158 valence electrons. The van der Waals surface area contributed by atoms with E-state index in [0.717, 1.165) is 47.6 Å². The quantitative estimate of drug-likeness (QED) is 0.745. The minimum atomic E-state index is -3.50. The van der Waals surface area contributed by atoms with Crippen molar-refractivity contribution in [3.63, 3.8) is 0 Å². The van der Waals surface area contributed by atoms with Gasteiger partial charge in [-0.25, -0.2) is 8.42 Å². The van der Waals surface area contributed by atoms with Crippen LogP contribution in [0, 0.1) is 34.6 Å². The van der Waals surface area contributed by atoms with Crippen LogP contribution in [0.4, 0.5) is 0 Å². The van der Waals surface area contributed by atoms with Gasteiger partial charge in [-0.2, -0.15) is 4.31 Å². The van der Waals surface area contributed by atoms with Crippen LogP contribution in [0.3, 0.4) is 0 Å². The van der Waals surface area contributed by atoms with Crippen LogP contribution < -0.4 is 4.74 Å². The molecule has 0 unspecified atom stereocenters. The summed E-state index contributed by atoms with van der Waals surface area (Å²) >= 11 is 0. The van der Waals surface area contributed by atoms with Crippen LogP contribution in [0.1, 0.15) is 33.4 Å². The Morgan fingerprint density at radius 3 is 1.76 bits per heavy atom. The fourth-order valence-corrected chi connectivity index (χ4v) is 6.08. The molecule has 3 rings (SSSR count). The lowest BCUT2D eigenvalue weighted by Gasteiger charge is -2.35. The predicted molar refractivity (Wildman–Crippen MR) is 117 cm³/mol. The van der Waals surface area contributed by atoms with Gasteiger partial charge in [0, 0.05) is 32.7 Å². The van der Waals surface area contributed by atoms with Gasteiger partial charge in [0.1, 0.15) is 5.75 Å². The van der Waals surface area contributed by atoms with Gasteiger partial charge >= 0.3 is 0 Å². The zero-order chi connectivity index (χ0) is 21.3. The molecule has 1 saturated heterocycles. The molecule has 6 heteroatoms. The van der Waals surface area contributed by atoms with Crippen molar-refractivity contribution in [3.8, 4) is 5.75 Å². The molecule has 0 spiro atoms. The van der Waals surface area contributed by atoms with Crippen molar-refractivity contribution in [2.75, 3.05) is 33.3 Å². The number of piperazine rings is 1. The number of methoxy groups -OCH3 is 1. The van der Waals surface area contributed by atoms with E-state index in [0.29, 0.717) is 18.0 Å². The van der Waals surface area contributed by atoms with Crippen LogP contribution in [0.25, 0.3) is 0 Å². The fourth-order valence-electron chi connectivity index (χ4n) is 4.10. The van der Waals surface area contributed by atoms with Gasteiger partial charge in [0.2, 0.25) is 10.0 Å². The molecular formula is C23H32N2O3S. The summed E-state index contributed by atoms with van der Waals surface area (Å²) in [5, 5.41) is 0. The molecule has 1 aliphatic rings. The fraction of sp³-hybridized carbons (Fsp3) is 0.478. The van der Waals surface area contributed by atoms with Crippen molar-refractivity contribution in [3.05, 3.63) is 57.6 Å². The lowest BCUT2D eigenvalue weighted by Crippen LogP contribution is -2.48. The summed E-state index contributed by atoms with van der Waals surface area (Å²) in [7, 11) is -1.84. The maximum atomic E-state index is 13.5. The highest BCUT2D eigenvalue weighted by Crippen LogP contribution is 2.32. The zero-order valence-electron chi connectivity index (χ0n) is 18.4. The number of hydrogen-bond donors (Lipinski definition) is 0. The molecule has 1 aliphatic heterocycles. The third-order valence-electron chi connectivity index (χ3n) is 6.43. The molecule has 0 bridgehead atoms. The third-order valence-corrected chi connectivity index (χ3v) is 8.60. The number of nitrogens with zero attached hydrogens (tertiary/aromatic N) is 2. The van der Waals surface area contributed by atoms with Gasteiger partial charge in [-0.3, -0.25) is 4.90 Å². The van der Waals surface area contributed by atoms with Gasteiger partial charge < -0.3 is 4.74 Å². The summed E-state index contributed by atoms with van der Waals surface area (Å²) in [6.07, 6.45) is 0. The van der Waals surface area contributed by atoms with Crippen LogP contribution in [-0.4, -0.2) is 50.9 Å². The van der Waals surface area contributed by atoms with E-state index in [1.54, 1.807) is 11.4 Å². The Hall–Kier alpha value is -1.89. The molecule has 29 heavy (non-hydrogen) atoms. The number of benzene rings is 2. The predicted octanol–water partition coefficient (Wildman–Crippen LogP) is 3.74. The van der Waals surface area contributed by atoms with Crippen LogP contribution in [-0.2, 0) is 16.6 Å². The van der Waals surface area contributed by atoms with E-state index in [2.05, 4.69) is 24.0 Å². The molecule has 0 amide bonds. The highest BCUT2D eigenvalue weighted by Gasteiger charge is 2.32. The SMILES string of the molecule is COc1ccc(CN2CCN(S(=O)(=O)c3c(C)c(C)c(C)c(C)c3C)CC2)cc1. The van der Waals surface area contributed by atoms with E-state index in [4.69, 9.17) is 4.74 Å². The number of rotatable bonds is 5. The first kappa shape index (κ1) is 21.8. The molecule has 0 atom stereocenters. The van der Waals surface area contributed by atoms with E-state index < -0.39 is 10.0 Å². The summed E-state index contributed by atoms with van der Waals surface area (Å²) in [5.41, 5.74) is 6.30. The van der Waals surface area contributed by atoms with Crippen LogP contribution in [0.15, 0.2) is 29.2 Å². The monoisotopic (exact) mass is 416 g/mol. The van der Waals surface area contributed by atoms with Gasteiger partial charge in [0.25, 0.3) is 0 Å². The van der Waals surface area contributed by atoms with E-state index in [1.165, 1.54) is 11.1 Å². The maximum Gasteiger partial charge on any atom is 0.243 e. The van der Waals surface area contributed by atoms with Gasteiger partial charge in [-0.05, 0) is 80.1 Å². The van der Waals surface area contributed by atoms with Crippen molar-refractivity contribution in [1.82, 2.24) is 9.21 Å². The molecule has 0 aromatic heterocycles. The van der Waals surface area contributed by atoms with E-state index in [9.17, 15) is 8.42 Å². The van der Waals surface area contributed by atoms with Gasteiger partial charge in [-0.1, -0.05) is 12.1 Å². The molecular weight excluding hydrogens is 384 g/mol. The second-order valence-corrected chi connectivity index (χ2v) is 9.86. The summed E-state index contributed by atoms with van der Waals surface area (Å²) in [6.45, 7) is 13.3. The molecule has 0 radical (unpaired) electrons. The molecule has 5 nitrogen and oxygen atoms in total. The summed E-state index contributed by atoms with van der Waals surface area (Å²) in [5.74, 6) is 0.846. The van der Waals surface area contributed by atoms with Crippen molar-refractivity contribution in [1.29, 1.82) is 0 Å². The Balaban J connectivity index is 1.75. The van der Waals surface area contributed by atoms with Gasteiger partial charge in [0.15, 0.2) is 0 Å². The average Bonchev–Trinajstić information content (AvgIpc) is 2.72. The van der Waals surface area contributed by atoms with E-state index >= 15 is 0 Å². The van der Waals surface area contributed by atoms with E-state index in [1.807, 2.05) is 39.8 Å². The Labute approximate surface area is 175 Å². The lowest BCUT2D eigenvalue weighted by atomic mass is 9.95. The largest absolute Gasteiger partial charge is 0.497 e. The topological polar surface area (TPSA) is 49.9 Å². The second kappa shape index (κ2) is 8.46. The number of ether oxygens (including phenoxy) is 1. The molecule has 0 aliphatic carbocycles. The molecule has 1 heterocycles. The maximum absolute atomic E-state index is 13.5. The Kier molecular flexibility index (Phi) is 6.36. The van der Waals surface area contributed by atoms with Crippen LogP contribution in [0.2, 0.25) is 0 Å². The molecule has 1 fully saturated rings. The normalized spacial score (nSPS) is 16.2. The standard InChI is InChI=1S/C23H32N2O3S/c1-16-17(2)19(4)23(20(5)18(16)3)29(26,27)25-13-11-24(12-14-25)15-21-7-9-22(28-6)10-8-21/h7-10H,11-15H2,1-6H3. The van der Waals surface area contributed by atoms with E-state index in [-0.39, 0.29) is 0 Å². The summed E-state index contributed by atoms with van der Waals surface area (Å²) in [4.78, 5) is 2.81. The number of hydrogen-bond acceptors (Lipinski definition) is 4. The zero-order valence-corrected chi connectivity index (χ0v) is 19.2. The van der Waals surface area contributed by atoms with Crippen molar-refractivity contribution >= 4 is 10.0 Å². The molecule has 0 N–H and O–H groups in total.